The van der Waals surface area contributed by atoms with Gasteiger partial charge in [0, 0.05) is 25.8 Å². The van der Waals surface area contributed by atoms with Crippen molar-refractivity contribution in [2.24, 2.45) is 0 Å². The van der Waals surface area contributed by atoms with E-state index >= 15 is 0 Å². The van der Waals surface area contributed by atoms with E-state index in [0.29, 0.717) is 12.4 Å². The van der Waals surface area contributed by atoms with Crippen molar-refractivity contribution >= 4 is 11.7 Å². The van der Waals surface area contributed by atoms with E-state index < -0.39 is 0 Å². The fourth-order valence-corrected chi connectivity index (χ4v) is 2.82. The molecule has 0 spiro atoms. The lowest BCUT2D eigenvalue weighted by molar-refractivity contribution is -0.122. The normalized spacial score (nSPS) is 17.0. The molecule has 3 heterocycles. The van der Waals surface area contributed by atoms with Crippen LogP contribution in [0.3, 0.4) is 0 Å². The maximum absolute atomic E-state index is 12.4. The average Bonchev–Trinajstić information content (AvgIpc) is 2.95. The first kappa shape index (κ1) is 16.4. The molecule has 2 aromatic heterocycles. The number of carbonyl (C=O) groups excluding carboxylic acids is 1. The molecular formula is C16H23N7O. The van der Waals surface area contributed by atoms with E-state index in [0.717, 1.165) is 50.2 Å². The van der Waals surface area contributed by atoms with Gasteiger partial charge in [0.25, 0.3) is 0 Å². The van der Waals surface area contributed by atoms with Crippen molar-refractivity contribution in [2.75, 3.05) is 18.4 Å². The number of aryl methyl sites for hydroxylation is 2. The number of rotatable bonds is 6. The fraction of sp³-hybridized carbons (Fsp3) is 0.562. The lowest BCUT2D eigenvalue weighted by Gasteiger charge is -2.13. The summed E-state index contributed by atoms with van der Waals surface area (Å²) in [6.45, 7) is 4.18. The molecule has 1 aliphatic heterocycles. The van der Waals surface area contributed by atoms with Gasteiger partial charge in [0.2, 0.25) is 5.91 Å². The molecule has 128 valence electrons. The minimum Gasteiger partial charge on any atom is -0.370 e. The Labute approximate surface area is 141 Å². The Hall–Kier alpha value is -2.51. The smallest absolute Gasteiger partial charge is 0.230 e. The Morgan fingerprint density at radius 2 is 2.25 bits per heavy atom. The van der Waals surface area contributed by atoms with Crippen LogP contribution in [0.5, 0.6) is 0 Å². The zero-order valence-electron chi connectivity index (χ0n) is 13.9. The molecule has 0 aliphatic carbocycles. The quantitative estimate of drug-likeness (QED) is 0.774. The van der Waals surface area contributed by atoms with Crippen molar-refractivity contribution in [2.45, 2.75) is 45.1 Å². The minimum atomic E-state index is -0.241. The van der Waals surface area contributed by atoms with Gasteiger partial charge in [0.15, 0.2) is 5.82 Å². The first-order valence-corrected chi connectivity index (χ1v) is 8.44. The van der Waals surface area contributed by atoms with Crippen LogP contribution in [0.1, 0.15) is 43.0 Å². The van der Waals surface area contributed by atoms with Gasteiger partial charge < -0.3 is 10.6 Å². The van der Waals surface area contributed by atoms with Gasteiger partial charge in [-0.05, 0) is 48.2 Å². The zero-order chi connectivity index (χ0) is 16.8. The Balaban J connectivity index is 1.42. The molecule has 3 rings (SSSR count). The van der Waals surface area contributed by atoms with Gasteiger partial charge in [0.05, 0.1) is 5.92 Å². The summed E-state index contributed by atoms with van der Waals surface area (Å²) >= 11 is 0. The number of tetrazole rings is 1. The summed E-state index contributed by atoms with van der Waals surface area (Å²) in [4.78, 5) is 16.7. The first-order chi connectivity index (χ1) is 11.7. The summed E-state index contributed by atoms with van der Waals surface area (Å²) in [6.07, 6.45) is 5.48. The van der Waals surface area contributed by atoms with Gasteiger partial charge in [-0.3, -0.25) is 4.79 Å². The van der Waals surface area contributed by atoms with Crippen LogP contribution in [0, 0.1) is 6.92 Å². The lowest BCUT2D eigenvalue weighted by Crippen LogP contribution is -2.32. The molecule has 0 saturated heterocycles. The first-order valence-electron chi connectivity index (χ1n) is 8.44. The van der Waals surface area contributed by atoms with Crippen LogP contribution in [0.2, 0.25) is 0 Å². The predicted molar refractivity (Wildman–Crippen MR) is 89.5 cm³/mol. The summed E-state index contributed by atoms with van der Waals surface area (Å²) in [6, 6.07) is 3.98. The second-order valence-electron chi connectivity index (χ2n) is 6.10. The van der Waals surface area contributed by atoms with E-state index in [1.165, 1.54) is 0 Å². The van der Waals surface area contributed by atoms with Gasteiger partial charge in [-0.25, -0.2) is 9.67 Å². The van der Waals surface area contributed by atoms with Crippen molar-refractivity contribution in [1.82, 2.24) is 30.5 Å². The number of hydrogen-bond acceptors (Lipinski definition) is 6. The number of amides is 1. The van der Waals surface area contributed by atoms with E-state index in [4.69, 9.17) is 0 Å². The number of anilines is 1. The molecule has 1 aliphatic rings. The summed E-state index contributed by atoms with van der Waals surface area (Å²) in [5.41, 5.74) is 1.14. The number of fused-ring (bicyclic) bond motifs is 1. The van der Waals surface area contributed by atoms with Crippen LogP contribution >= 0.6 is 0 Å². The Kier molecular flexibility index (Phi) is 5.35. The van der Waals surface area contributed by atoms with Crippen LogP contribution in [-0.2, 0) is 11.3 Å². The highest BCUT2D eigenvalue weighted by Gasteiger charge is 2.27. The molecule has 1 amide bonds. The molecule has 0 bridgehead atoms. The summed E-state index contributed by atoms with van der Waals surface area (Å²) in [7, 11) is 0. The number of carbonyl (C=O) groups is 1. The second kappa shape index (κ2) is 7.85. The topological polar surface area (TPSA) is 97.6 Å². The highest BCUT2D eigenvalue weighted by atomic mass is 16.1. The van der Waals surface area contributed by atoms with E-state index in [1.54, 1.807) is 4.68 Å². The number of pyridine rings is 1. The molecule has 2 aromatic rings. The third kappa shape index (κ3) is 4.06. The number of nitrogens with zero attached hydrogens (tertiary/aromatic N) is 5. The molecule has 24 heavy (non-hydrogen) atoms. The maximum Gasteiger partial charge on any atom is 0.230 e. The maximum atomic E-state index is 12.4. The number of hydrogen-bond donors (Lipinski definition) is 2. The van der Waals surface area contributed by atoms with E-state index in [9.17, 15) is 4.79 Å². The summed E-state index contributed by atoms with van der Waals surface area (Å²) < 4.78 is 1.75. The summed E-state index contributed by atoms with van der Waals surface area (Å²) in [5.74, 6) is 1.32. The van der Waals surface area contributed by atoms with Gasteiger partial charge in [-0.15, -0.1) is 5.10 Å². The monoisotopic (exact) mass is 329 g/mol. The van der Waals surface area contributed by atoms with E-state index in [-0.39, 0.29) is 11.8 Å². The van der Waals surface area contributed by atoms with Crippen molar-refractivity contribution in [1.29, 1.82) is 0 Å². The molecule has 0 fully saturated rings. The Morgan fingerprint density at radius 3 is 3.08 bits per heavy atom. The van der Waals surface area contributed by atoms with Crippen LogP contribution < -0.4 is 10.6 Å². The third-order valence-corrected chi connectivity index (χ3v) is 4.17. The Bertz CT molecular complexity index is 667. The van der Waals surface area contributed by atoms with E-state index in [2.05, 4.69) is 31.1 Å². The lowest BCUT2D eigenvalue weighted by atomic mass is 10.0. The fourth-order valence-electron chi connectivity index (χ4n) is 2.82. The molecule has 1 atom stereocenters. The van der Waals surface area contributed by atoms with Gasteiger partial charge in [-0.2, -0.15) is 0 Å². The number of nitrogens with one attached hydrogen (secondary N) is 2. The molecular weight excluding hydrogens is 306 g/mol. The van der Waals surface area contributed by atoms with E-state index in [1.807, 2.05) is 25.3 Å². The molecule has 1 unspecified atom stereocenters. The van der Waals surface area contributed by atoms with Crippen molar-refractivity contribution in [3.63, 3.8) is 0 Å². The van der Waals surface area contributed by atoms with Gasteiger partial charge >= 0.3 is 0 Å². The highest BCUT2D eigenvalue weighted by Crippen LogP contribution is 2.23. The van der Waals surface area contributed by atoms with Crippen LogP contribution in [0.4, 0.5) is 5.82 Å². The molecule has 0 radical (unpaired) electrons. The molecule has 0 saturated carbocycles. The Morgan fingerprint density at radius 1 is 1.33 bits per heavy atom. The van der Waals surface area contributed by atoms with Crippen molar-refractivity contribution in [3.8, 4) is 0 Å². The largest absolute Gasteiger partial charge is 0.370 e. The molecule has 8 nitrogen and oxygen atoms in total. The van der Waals surface area contributed by atoms with Crippen LogP contribution in [-0.4, -0.2) is 44.2 Å². The second-order valence-corrected chi connectivity index (χ2v) is 6.10. The zero-order valence-corrected chi connectivity index (χ0v) is 13.9. The average molecular weight is 329 g/mol. The summed E-state index contributed by atoms with van der Waals surface area (Å²) in [5, 5.41) is 17.9. The van der Waals surface area contributed by atoms with Gasteiger partial charge in [-0.1, -0.05) is 12.5 Å². The SMILES string of the molecule is Cc1ccc(NCCCNC(=O)C2CCCCn3nnnc32)nc1. The van der Waals surface area contributed by atoms with Crippen molar-refractivity contribution in [3.05, 3.63) is 29.7 Å². The van der Waals surface area contributed by atoms with Crippen LogP contribution in [0.15, 0.2) is 18.3 Å². The third-order valence-electron chi connectivity index (χ3n) is 4.17. The highest BCUT2D eigenvalue weighted by molar-refractivity contribution is 5.82. The minimum absolute atomic E-state index is 0.0152. The molecule has 8 heteroatoms. The standard InChI is InChI=1S/C16H23N7O/c1-12-6-7-14(19-11-12)17-8-4-9-18-16(24)13-5-2-3-10-23-15(13)20-21-22-23/h6-7,11,13H,2-5,8-10H2,1H3,(H,17,19)(H,18,24). The molecule has 2 N–H and O–H groups in total. The number of aromatic nitrogens is 5. The molecule has 0 aromatic carbocycles. The predicted octanol–water partition coefficient (Wildman–Crippen LogP) is 1.26. The van der Waals surface area contributed by atoms with Crippen LogP contribution in [0.25, 0.3) is 0 Å². The van der Waals surface area contributed by atoms with Gasteiger partial charge in [0.1, 0.15) is 5.82 Å². The van der Waals surface area contributed by atoms with Crippen molar-refractivity contribution < 1.29 is 4.79 Å².